The van der Waals surface area contributed by atoms with Crippen LogP contribution >= 0.6 is 23.7 Å². The number of thiophene rings is 1. The van der Waals surface area contributed by atoms with Gasteiger partial charge in [-0.05, 0) is 31.5 Å². The van der Waals surface area contributed by atoms with Crippen LogP contribution in [0.1, 0.15) is 18.9 Å². The van der Waals surface area contributed by atoms with Gasteiger partial charge < -0.3 is 14.8 Å². The van der Waals surface area contributed by atoms with Crippen molar-refractivity contribution < 1.29 is 9.47 Å². The van der Waals surface area contributed by atoms with E-state index in [0.29, 0.717) is 16.9 Å². The monoisotopic (exact) mass is 407 g/mol. The Morgan fingerprint density at radius 1 is 1.26 bits per heavy atom. The second kappa shape index (κ2) is 8.29. The molecule has 8 heteroatoms. The molecule has 1 atom stereocenters. The van der Waals surface area contributed by atoms with E-state index < -0.39 is 0 Å². The number of halogens is 1. The third-order valence-electron chi connectivity index (χ3n) is 4.88. The van der Waals surface area contributed by atoms with Crippen LogP contribution in [0.3, 0.4) is 0 Å². The van der Waals surface area contributed by atoms with Gasteiger partial charge in [-0.25, -0.2) is 4.98 Å². The highest BCUT2D eigenvalue weighted by Crippen LogP contribution is 2.38. The Morgan fingerprint density at radius 2 is 2.11 bits per heavy atom. The Balaban J connectivity index is 0.00000210. The second-order valence-electron chi connectivity index (χ2n) is 6.35. The summed E-state index contributed by atoms with van der Waals surface area (Å²) in [6.07, 6.45) is 3.75. The molecule has 1 aliphatic rings. The molecule has 1 fully saturated rings. The lowest BCUT2D eigenvalue weighted by Gasteiger charge is -2.24. The number of aromatic nitrogens is 2. The molecule has 0 unspecified atom stereocenters. The quantitative estimate of drug-likeness (QED) is 0.717. The summed E-state index contributed by atoms with van der Waals surface area (Å²) in [5, 5.41) is 6.00. The van der Waals surface area contributed by atoms with Crippen LogP contribution in [-0.4, -0.2) is 36.9 Å². The molecule has 1 N–H and O–H groups in total. The number of piperidine rings is 1. The van der Waals surface area contributed by atoms with E-state index in [-0.39, 0.29) is 24.0 Å². The zero-order valence-corrected chi connectivity index (χ0v) is 16.9. The summed E-state index contributed by atoms with van der Waals surface area (Å²) in [4.78, 5) is 18.5. The highest BCUT2D eigenvalue weighted by molar-refractivity contribution is 7.17. The maximum absolute atomic E-state index is 13.2. The van der Waals surface area contributed by atoms with E-state index in [4.69, 9.17) is 9.47 Å². The zero-order valence-electron chi connectivity index (χ0n) is 15.2. The molecule has 0 radical (unpaired) electrons. The zero-order chi connectivity index (χ0) is 18.1. The molecule has 6 nitrogen and oxygen atoms in total. The summed E-state index contributed by atoms with van der Waals surface area (Å²) >= 11 is 1.48. The van der Waals surface area contributed by atoms with E-state index in [1.165, 1.54) is 11.3 Å². The first kappa shape index (κ1) is 19.7. The van der Waals surface area contributed by atoms with Crippen LogP contribution < -0.4 is 20.3 Å². The minimum Gasteiger partial charge on any atom is -0.497 e. The number of nitrogens with zero attached hydrogens (tertiary/aromatic N) is 2. The first-order valence-electron chi connectivity index (χ1n) is 8.64. The number of nitrogens with one attached hydrogen (secondary N) is 1. The second-order valence-corrected chi connectivity index (χ2v) is 7.21. The van der Waals surface area contributed by atoms with Crippen LogP contribution in [0.2, 0.25) is 0 Å². The van der Waals surface area contributed by atoms with Crippen molar-refractivity contribution in [3.05, 3.63) is 40.3 Å². The molecule has 3 heterocycles. The van der Waals surface area contributed by atoms with Gasteiger partial charge in [-0.3, -0.25) is 9.36 Å². The lowest BCUT2D eigenvalue weighted by molar-refractivity contribution is 0.363. The summed E-state index contributed by atoms with van der Waals surface area (Å²) < 4.78 is 12.6. The summed E-state index contributed by atoms with van der Waals surface area (Å²) in [5.74, 6) is 1.40. The number of hydrogen-bond acceptors (Lipinski definition) is 6. The topological polar surface area (TPSA) is 65.4 Å². The number of benzene rings is 1. The molecular formula is C19H22ClN3O3S. The molecule has 1 saturated heterocycles. The summed E-state index contributed by atoms with van der Waals surface area (Å²) in [6, 6.07) is 5.79. The highest BCUT2D eigenvalue weighted by Gasteiger charge is 2.21. The van der Waals surface area contributed by atoms with Crippen molar-refractivity contribution in [2.75, 3.05) is 27.3 Å². The van der Waals surface area contributed by atoms with E-state index in [0.717, 1.165) is 41.9 Å². The van der Waals surface area contributed by atoms with Crippen molar-refractivity contribution in [1.82, 2.24) is 14.9 Å². The third-order valence-corrected chi connectivity index (χ3v) is 5.77. The summed E-state index contributed by atoms with van der Waals surface area (Å²) in [6.45, 7) is 1.81. The first-order chi connectivity index (χ1) is 12.7. The Hall–Kier alpha value is -2.09. The molecule has 1 aliphatic heterocycles. The van der Waals surface area contributed by atoms with Crippen molar-refractivity contribution in [2.45, 2.75) is 18.9 Å². The van der Waals surface area contributed by atoms with Gasteiger partial charge >= 0.3 is 0 Å². The summed E-state index contributed by atoms with van der Waals surface area (Å²) in [5.41, 5.74) is 1.75. The predicted molar refractivity (Wildman–Crippen MR) is 111 cm³/mol. The Bertz CT molecular complexity index is 996. The fraction of sp³-hybridized carbons (Fsp3) is 0.368. The van der Waals surface area contributed by atoms with Crippen molar-refractivity contribution in [3.8, 4) is 22.6 Å². The lowest BCUT2D eigenvalue weighted by Crippen LogP contribution is -2.36. The maximum Gasteiger partial charge on any atom is 0.263 e. The smallest absolute Gasteiger partial charge is 0.263 e. The van der Waals surface area contributed by atoms with E-state index in [1.807, 2.05) is 23.6 Å². The average Bonchev–Trinajstić information content (AvgIpc) is 3.13. The normalized spacial score (nSPS) is 16.7. The van der Waals surface area contributed by atoms with E-state index >= 15 is 0 Å². The van der Waals surface area contributed by atoms with Gasteiger partial charge in [-0.1, -0.05) is 0 Å². The van der Waals surface area contributed by atoms with Gasteiger partial charge in [0, 0.05) is 29.1 Å². The minimum absolute atomic E-state index is 0. The SMILES string of the molecule is COc1ccc(-c2csc3ncn([C@@H]4CCCNC4)c(=O)c23)c(OC)c1.Cl. The van der Waals surface area contributed by atoms with Crippen molar-refractivity contribution in [1.29, 1.82) is 0 Å². The largest absolute Gasteiger partial charge is 0.497 e. The van der Waals surface area contributed by atoms with Gasteiger partial charge in [0.15, 0.2) is 0 Å². The van der Waals surface area contributed by atoms with Gasteiger partial charge in [0.25, 0.3) is 5.56 Å². The minimum atomic E-state index is 0. The number of ether oxygens (including phenoxy) is 2. The molecule has 0 aliphatic carbocycles. The van der Waals surface area contributed by atoms with Gasteiger partial charge in [0.1, 0.15) is 16.3 Å². The molecule has 0 saturated carbocycles. The van der Waals surface area contributed by atoms with Crippen LogP contribution in [0.4, 0.5) is 0 Å². The highest BCUT2D eigenvalue weighted by atomic mass is 35.5. The summed E-state index contributed by atoms with van der Waals surface area (Å²) in [7, 11) is 3.24. The molecule has 0 spiro atoms. The number of rotatable bonds is 4. The molecular weight excluding hydrogens is 386 g/mol. The van der Waals surface area contributed by atoms with Gasteiger partial charge in [0.2, 0.25) is 0 Å². The van der Waals surface area contributed by atoms with Crippen LogP contribution in [0.5, 0.6) is 11.5 Å². The maximum atomic E-state index is 13.2. The molecule has 4 rings (SSSR count). The van der Waals surface area contributed by atoms with Gasteiger partial charge in [-0.15, -0.1) is 23.7 Å². The van der Waals surface area contributed by atoms with Crippen LogP contribution in [0.25, 0.3) is 21.3 Å². The molecule has 0 amide bonds. The average molecular weight is 408 g/mol. The Kier molecular flexibility index (Phi) is 6.04. The first-order valence-corrected chi connectivity index (χ1v) is 9.52. The van der Waals surface area contributed by atoms with E-state index in [9.17, 15) is 4.79 Å². The molecule has 27 heavy (non-hydrogen) atoms. The van der Waals surface area contributed by atoms with E-state index in [2.05, 4.69) is 10.3 Å². The van der Waals surface area contributed by atoms with Crippen molar-refractivity contribution in [2.24, 2.45) is 0 Å². The molecule has 2 aromatic heterocycles. The predicted octanol–water partition coefficient (Wildman–Crippen LogP) is 3.49. The molecule has 1 aromatic carbocycles. The van der Waals surface area contributed by atoms with Crippen LogP contribution in [0.15, 0.2) is 34.7 Å². The van der Waals surface area contributed by atoms with Gasteiger partial charge in [0.05, 0.1) is 32.0 Å². The van der Waals surface area contributed by atoms with E-state index in [1.54, 1.807) is 25.1 Å². The van der Waals surface area contributed by atoms with Crippen LogP contribution in [0, 0.1) is 0 Å². The molecule has 3 aromatic rings. The molecule has 0 bridgehead atoms. The van der Waals surface area contributed by atoms with Crippen LogP contribution in [-0.2, 0) is 0 Å². The number of hydrogen-bond donors (Lipinski definition) is 1. The Labute approximate surface area is 167 Å². The van der Waals surface area contributed by atoms with Crippen molar-refractivity contribution in [3.63, 3.8) is 0 Å². The standard InChI is InChI=1S/C19H21N3O3S.ClH/c1-24-13-5-6-14(16(8-13)25-2)15-10-26-18-17(15)19(23)22(11-21-18)12-4-3-7-20-9-12;/h5-6,8,10-12,20H,3-4,7,9H2,1-2H3;1H/t12-;/m1./s1. The van der Waals surface area contributed by atoms with Gasteiger partial charge in [-0.2, -0.15) is 0 Å². The number of fused-ring (bicyclic) bond motifs is 1. The Morgan fingerprint density at radius 3 is 2.81 bits per heavy atom. The lowest BCUT2D eigenvalue weighted by atomic mass is 10.0. The fourth-order valence-corrected chi connectivity index (χ4v) is 4.39. The van der Waals surface area contributed by atoms with Crippen molar-refractivity contribution >= 4 is 34.0 Å². The fourth-order valence-electron chi connectivity index (χ4n) is 3.50. The molecule has 144 valence electrons. The number of methoxy groups -OCH3 is 2. The third kappa shape index (κ3) is 3.54.